The quantitative estimate of drug-likeness (QED) is 0.366. The lowest BCUT2D eigenvalue weighted by Gasteiger charge is -2.19. The maximum atomic E-state index is 13.0. The first kappa shape index (κ1) is 24.6. The molecule has 3 N–H and O–H groups in total. The third-order valence-corrected chi connectivity index (χ3v) is 6.90. The lowest BCUT2D eigenvalue weighted by atomic mass is 10.1. The molecule has 0 heterocycles. The van der Waals surface area contributed by atoms with Gasteiger partial charge in [0.05, 0.1) is 11.3 Å². The van der Waals surface area contributed by atoms with Crippen molar-refractivity contribution in [3.8, 4) is 0 Å². The molecule has 0 saturated heterocycles. The molecule has 172 valence electrons. The van der Waals surface area contributed by atoms with Gasteiger partial charge in [-0.3, -0.25) is 9.59 Å². The van der Waals surface area contributed by atoms with Gasteiger partial charge in [0.25, 0.3) is 0 Å². The Morgan fingerprint density at radius 1 is 0.879 bits per heavy atom. The first-order valence-corrected chi connectivity index (χ1v) is 12.4. The highest BCUT2D eigenvalue weighted by molar-refractivity contribution is 9.10. The summed E-state index contributed by atoms with van der Waals surface area (Å²) in [5.41, 5.74) is 2.02. The zero-order valence-corrected chi connectivity index (χ0v) is 20.0. The van der Waals surface area contributed by atoms with E-state index < -0.39 is 27.9 Å². The number of hydrogen-bond acceptors (Lipinski definition) is 4. The fourth-order valence-electron chi connectivity index (χ4n) is 3.18. The van der Waals surface area contributed by atoms with Crippen LogP contribution in [0.4, 0.5) is 5.69 Å². The highest BCUT2D eigenvalue weighted by atomic mass is 79.9. The summed E-state index contributed by atoms with van der Waals surface area (Å²) in [6.45, 7) is 0. The second-order valence-electron chi connectivity index (χ2n) is 7.41. The van der Waals surface area contributed by atoms with E-state index >= 15 is 0 Å². The van der Waals surface area contributed by atoms with Crippen LogP contribution in [0.5, 0.6) is 0 Å². The molecular weight excluding hydrogens is 508 g/mol. The number of benzene rings is 3. The number of nitrogens with one attached hydrogen (secondary N) is 2. The third-order valence-electron chi connectivity index (χ3n) is 4.88. The molecular formula is C24H23BrN2O5S. The lowest BCUT2D eigenvalue weighted by Crippen LogP contribution is -2.44. The molecule has 0 aromatic heterocycles. The fourth-order valence-corrected chi connectivity index (χ4v) is 4.67. The first-order chi connectivity index (χ1) is 15.7. The Labute approximate surface area is 201 Å². The molecule has 0 fully saturated rings. The molecule has 1 amide bonds. The van der Waals surface area contributed by atoms with Gasteiger partial charge in [-0.05, 0) is 60.4 Å². The van der Waals surface area contributed by atoms with E-state index in [4.69, 9.17) is 5.11 Å². The Morgan fingerprint density at radius 2 is 1.52 bits per heavy atom. The van der Waals surface area contributed by atoms with Crippen LogP contribution in [-0.4, -0.2) is 31.4 Å². The van der Waals surface area contributed by atoms with Crippen molar-refractivity contribution in [2.24, 2.45) is 0 Å². The predicted molar refractivity (Wildman–Crippen MR) is 129 cm³/mol. The molecule has 0 spiro atoms. The minimum absolute atomic E-state index is 0.0567. The number of carboxylic acids is 1. The summed E-state index contributed by atoms with van der Waals surface area (Å²) in [7, 11) is -3.94. The van der Waals surface area contributed by atoms with Crippen LogP contribution in [0.25, 0.3) is 0 Å². The summed E-state index contributed by atoms with van der Waals surface area (Å²) in [6.07, 6.45) is 0.628. The minimum atomic E-state index is -3.94. The van der Waals surface area contributed by atoms with E-state index in [1.54, 1.807) is 36.4 Å². The van der Waals surface area contributed by atoms with Gasteiger partial charge in [0, 0.05) is 10.2 Å². The van der Waals surface area contributed by atoms with Crippen molar-refractivity contribution < 1.29 is 23.1 Å². The largest absolute Gasteiger partial charge is 0.481 e. The number of hydrogen-bond donors (Lipinski definition) is 3. The van der Waals surface area contributed by atoms with Crippen molar-refractivity contribution in [1.29, 1.82) is 0 Å². The summed E-state index contributed by atoms with van der Waals surface area (Å²) in [5, 5.41) is 11.6. The van der Waals surface area contributed by atoms with E-state index in [9.17, 15) is 18.0 Å². The number of sulfonamides is 1. The first-order valence-electron chi connectivity index (χ1n) is 10.2. The third kappa shape index (κ3) is 7.52. The van der Waals surface area contributed by atoms with E-state index in [1.807, 2.05) is 30.3 Å². The Kier molecular flexibility index (Phi) is 8.37. The highest BCUT2D eigenvalue weighted by Crippen LogP contribution is 2.17. The Balaban J connectivity index is 1.77. The van der Waals surface area contributed by atoms with E-state index in [0.717, 1.165) is 10.0 Å². The lowest BCUT2D eigenvalue weighted by molar-refractivity contribution is -0.136. The maximum Gasteiger partial charge on any atom is 0.307 e. The van der Waals surface area contributed by atoms with Crippen molar-refractivity contribution in [2.45, 2.75) is 30.2 Å². The monoisotopic (exact) mass is 530 g/mol. The van der Waals surface area contributed by atoms with Gasteiger partial charge < -0.3 is 10.4 Å². The molecule has 0 aliphatic heterocycles. The molecule has 7 nitrogen and oxygen atoms in total. The van der Waals surface area contributed by atoms with Crippen LogP contribution in [0.2, 0.25) is 0 Å². The number of rotatable bonds is 10. The molecule has 3 aromatic rings. The highest BCUT2D eigenvalue weighted by Gasteiger charge is 2.26. The van der Waals surface area contributed by atoms with Gasteiger partial charge in [-0.2, -0.15) is 4.72 Å². The van der Waals surface area contributed by atoms with Gasteiger partial charge in [-0.25, -0.2) is 8.42 Å². The smallest absolute Gasteiger partial charge is 0.307 e. The molecule has 9 heteroatoms. The van der Waals surface area contributed by atoms with E-state index in [1.165, 1.54) is 12.1 Å². The number of halogens is 1. The number of amides is 1. The van der Waals surface area contributed by atoms with Crippen LogP contribution < -0.4 is 10.0 Å². The predicted octanol–water partition coefficient (Wildman–Crippen LogP) is 3.99. The van der Waals surface area contributed by atoms with E-state index in [2.05, 4.69) is 26.0 Å². The van der Waals surface area contributed by atoms with Crippen LogP contribution in [0.1, 0.15) is 17.5 Å². The standard InChI is InChI=1S/C24H23BrN2O5S/c25-19-9-13-21(14-10-19)33(31,32)27-22(15-8-17-4-2-1-3-5-17)24(30)26-20-11-6-18(7-12-20)16-23(28)29/h1-7,9-14,22,27H,8,15-16H2,(H,26,30)(H,28,29)/t22-/m0/s1. The van der Waals surface area contributed by atoms with Crippen molar-refractivity contribution in [3.05, 3.63) is 94.5 Å². The number of aryl methyl sites for hydroxylation is 1. The molecule has 0 radical (unpaired) electrons. The van der Waals surface area contributed by atoms with Crippen LogP contribution >= 0.6 is 15.9 Å². The van der Waals surface area contributed by atoms with Crippen molar-refractivity contribution in [2.75, 3.05) is 5.32 Å². The molecule has 1 atom stereocenters. The topological polar surface area (TPSA) is 113 Å². The van der Waals surface area contributed by atoms with Gasteiger partial charge >= 0.3 is 5.97 Å². The normalized spacial score (nSPS) is 12.2. The van der Waals surface area contributed by atoms with Crippen LogP contribution in [0.3, 0.4) is 0 Å². The van der Waals surface area contributed by atoms with Crippen molar-refractivity contribution >= 4 is 43.5 Å². The van der Waals surface area contributed by atoms with Crippen molar-refractivity contribution in [3.63, 3.8) is 0 Å². The Morgan fingerprint density at radius 3 is 2.12 bits per heavy atom. The zero-order valence-electron chi connectivity index (χ0n) is 17.6. The number of carbonyl (C=O) groups is 2. The number of anilines is 1. The molecule has 0 saturated carbocycles. The molecule has 0 aliphatic rings. The van der Waals surface area contributed by atoms with E-state index in [-0.39, 0.29) is 17.7 Å². The van der Waals surface area contributed by atoms with E-state index in [0.29, 0.717) is 17.7 Å². The molecule has 0 aliphatic carbocycles. The number of carbonyl (C=O) groups excluding carboxylic acids is 1. The Hall–Kier alpha value is -3.01. The molecule has 0 bridgehead atoms. The molecule has 0 unspecified atom stereocenters. The van der Waals surface area contributed by atoms with Gasteiger partial charge in [-0.15, -0.1) is 0 Å². The van der Waals surface area contributed by atoms with Crippen LogP contribution in [0, 0.1) is 0 Å². The van der Waals surface area contributed by atoms with Gasteiger partial charge in [0.2, 0.25) is 15.9 Å². The second kappa shape index (κ2) is 11.2. The summed E-state index contributed by atoms with van der Waals surface area (Å²) in [4.78, 5) is 23.9. The van der Waals surface area contributed by atoms with Crippen molar-refractivity contribution in [1.82, 2.24) is 4.72 Å². The number of carboxylic acid groups (broad SMARTS) is 1. The number of aliphatic carboxylic acids is 1. The van der Waals surface area contributed by atoms with Crippen LogP contribution in [0.15, 0.2) is 88.2 Å². The average molecular weight is 531 g/mol. The van der Waals surface area contributed by atoms with Gasteiger partial charge in [-0.1, -0.05) is 58.4 Å². The molecule has 3 aromatic carbocycles. The molecule has 3 rings (SSSR count). The average Bonchev–Trinajstić information content (AvgIpc) is 2.78. The summed E-state index contributed by atoms with van der Waals surface area (Å²) >= 11 is 3.28. The molecule has 33 heavy (non-hydrogen) atoms. The van der Waals surface area contributed by atoms with Gasteiger partial charge in [0.1, 0.15) is 6.04 Å². The zero-order chi connectivity index (χ0) is 23.8. The second-order valence-corrected chi connectivity index (χ2v) is 10.0. The summed E-state index contributed by atoms with van der Waals surface area (Å²) in [5.74, 6) is -1.45. The Bertz CT molecular complexity index is 1200. The SMILES string of the molecule is O=C(O)Cc1ccc(NC(=O)[C@H](CCc2ccccc2)NS(=O)(=O)c2ccc(Br)cc2)cc1. The fraction of sp³-hybridized carbons (Fsp3) is 0.167. The van der Waals surface area contributed by atoms with Gasteiger partial charge in [0.15, 0.2) is 0 Å². The summed E-state index contributed by atoms with van der Waals surface area (Å²) < 4.78 is 29.1. The maximum absolute atomic E-state index is 13.0. The summed E-state index contributed by atoms with van der Waals surface area (Å²) in [6, 6.07) is 21.0. The minimum Gasteiger partial charge on any atom is -0.481 e. The van der Waals surface area contributed by atoms with Crippen LogP contribution in [-0.2, 0) is 32.5 Å².